The number of hydrogen-bond acceptors (Lipinski definition) is 11. The van der Waals surface area contributed by atoms with Crippen LogP contribution in [0.2, 0.25) is 0 Å². The molecule has 0 radical (unpaired) electrons. The number of fused-ring (bicyclic) bond motifs is 2. The fourth-order valence-electron chi connectivity index (χ4n) is 4.90. The van der Waals surface area contributed by atoms with Crippen molar-refractivity contribution in [2.75, 3.05) is 67.0 Å². The van der Waals surface area contributed by atoms with Gasteiger partial charge in [-0.15, -0.1) is 0 Å². The number of amides is 2. The number of ether oxygens (including phenoxy) is 4. The van der Waals surface area contributed by atoms with Gasteiger partial charge in [0.2, 0.25) is 11.8 Å². The van der Waals surface area contributed by atoms with E-state index in [1.807, 2.05) is 0 Å². The summed E-state index contributed by atoms with van der Waals surface area (Å²) >= 11 is 0. The van der Waals surface area contributed by atoms with E-state index in [4.69, 9.17) is 18.9 Å². The Morgan fingerprint density at radius 2 is 0.955 bits per heavy atom. The molecule has 2 N–H and O–H groups in total. The lowest BCUT2D eigenvalue weighted by Crippen LogP contribution is -2.38. The van der Waals surface area contributed by atoms with Crippen molar-refractivity contribution in [3.63, 3.8) is 0 Å². The second-order valence-electron chi connectivity index (χ2n) is 9.97. The molecule has 13 heteroatoms. The van der Waals surface area contributed by atoms with Crippen LogP contribution in [-0.2, 0) is 28.5 Å². The zero-order valence-corrected chi connectivity index (χ0v) is 24.3. The third-order valence-electron chi connectivity index (χ3n) is 7.15. The Balaban J connectivity index is 1.42. The summed E-state index contributed by atoms with van der Waals surface area (Å²) in [5.74, 6) is -8.06. The van der Waals surface area contributed by atoms with E-state index in [0.29, 0.717) is 26.4 Å². The van der Waals surface area contributed by atoms with Gasteiger partial charge < -0.3 is 29.6 Å². The van der Waals surface area contributed by atoms with Crippen LogP contribution in [0.1, 0.15) is 57.4 Å². The number of benzene rings is 2. The first-order valence-corrected chi connectivity index (χ1v) is 13.9. The Morgan fingerprint density at radius 3 is 1.34 bits per heavy atom. The summed E-state index contributed by atoms with van der Waals surface area (Å²) in [6.45, 7) is 1.93. The first kappa shape index (κ1) is 32.5. The van der Waals surface area contributed by atoms with Crippen molar-refractivity contribution >= 4 is 40.7 Å². The number of nitrogens with one attached hydrogen (secondary N) is 2. The van der Waals surface area contributed by atoms with Crippen LogP contribution in [0.5, 0.6) is 0 Å². The summed E-state index contributed by atoms with van der Waals surface area (Å²) in [4.78, 5) is 90.4. The van der Waals surface area contributed by atoms with Crippen molar-refractivity contribution < 1.29 is 52.5 Å². The molecule has 2 aliphatic carbocycles. The molecule has 0 bridgehead atoms. The monoisotopic (exact) mass is 608 g/mol. The topological polar surface area (TPSA) is 180 Å². The molecule has 0 saturated carbocycles. The third kappa shape index (κ3) is 6.86. The minimum atomic E-state index is -1.57. The number of ketones is 5. The average Bonchev–Trinajstić information content (AvgIpc) is 3.43. The molecule has 2 aromatic carbocycles. The molecule has 2 atom stereocenters. The van der Waals surface area contributed by atoms with Gasteiger partial charge in [0.25, 0.3) is 0 Å². The van der Waals surface area contributed by atoms with Crippen LogP contribution >= 0.6 is 0 Å². The van der Waals surface area contributed by atoms with Gasteiger partial charge in [-0.3, -0.25) is 33.6 Å². The molecule has 0 fully saturated rings. The smallest absolute Gasteiger partial charge is 0.239 e. The molecule has 2 unspecified atom stereocenters. The van der Waals surface area contributed by atoms with Gasteiger partial charge in [0.15, 0.2) is 40.8 Å². The van der Waals surface area contributed by atoms with Gasteiger partial charge in [0.1, 0.15) is 0 Å². The molecule has 2 aromatic rings. The van der Waals surface area contributed by atoms with Gasteiger partial charge in [-0.25, -0.2) is 0 Å². The molecule has 4 rings (SSSR count). The molecule has 2 amide bonds. The maximum absolute atomic E-state index is 13.4. The molecule has 13 nitrogen and oxygen atoms in total. The predicted molar refractivity (Wildman–Crippen MR) is 152 cm³/mol. The minimum Gasteiger partial charge on any atom is -0.382 e. The largest absolute Gasteiger partial charge is 0.382 e. The standard InChI is InChI=1S/C31H32N2O11/c1-41-11-13-43-9-7-32-30(39)23-26(35)19-5-3-17(15-21(19)28(23)37)25(34)18-4-6-20-22(16-18)29(38)24(27(20)36)31(40)33-8-10-44-14-12-42-2/h3-6,15-16,23-24H,7-14H2,1-2H3,(H,32,39)(H,33,40). The number of rotatable bonds is 16. The maximum atomic E-state index is 13.4. The Kier molecular flexibility index (Phi) is 11.0. The number of carbonyl (C=O) groups excluding carboxylic acids is 7. The lowest BCUT2D eigenvalue weighted by molar-refractivity contribution is -0.123. The van der Waals surface area contributed by atoms with E-state index >= 15 is 0 Å². The SMILES string of the molecule is COCCOCCNC(=O)C1C(=O)c2ccc(C(=O)c3ccc4c(c3)C(=O)C(C(=O)NCCOCCOC)C4=O)cc2C1=O. The van der Waals surface area contributed by atoms with Gasteiger partial charge in [0, 0.05) is 60.7 Å². The number of methoxy groups -OCH3 is 2. The summed E-state index contributed by atoms with van der Waals surface area (Å²) in [5, 5.41) is 5.03. The highest BCUT2D eigenvalue weighted by Crippen LogP contribution is 2.31. The summed E-state index contributed by atoms with van der Waals surface area (Å²) in [7, 11) is 3.05. The van der Waals surface area contributed by atoms with Crippen molar-refractivity contribution in [1.82, 2.24) is 10.6 Å². The quantitative estimate of drug-likeness (QED) is 0.154. The highest BCUT2D eigenvalue weighted by molar-refractivity contribution is 6.36. The molecule has 0 aliphatic heterocycles. The van der Waals surface area contributed by atoms with Crippen molar-refractivity contribution in [2.45, 2.75) is 0 Å². The number of carbonyl (C=O) groups is 7. The van der Waals surface area contributed by atoms with Crippen LogP contribution in [0.15, 0.2) is 36.4 Å². The first-order chi connectivity index (χ1) is 21.2. The van der Waals surface area contributed by atoms with Crippen LogP contribution in [-0.4, -0.2) is 108 Å². The fraction of sp³-hybridized carbons (Fsp3) is 0.387. The van der Waals surface area contributed by atoms with Gasteiger partial charge in [0.05, 0.1) is 39.6 Å². The Morgan fingerprint density at radius 1 is 0.568 bits per heavy atom. The second kappa shape index (κ2) is 14.8. The van der Waals surface area contributed by atoms with Gasteiger partial charge in [-0.1, -0.05) is 12.1 Å². The average molecular weight is 609 g/mol. The first-order valence-electron chi connectivity index (χ1n) is 13.9. The minimum absolute atomic E-state index is 0.0238. The Labute approximate surface area is 252 Å². The summed E-state index contributed by atoms with van der Waals surface area (Å²) in [6, 6.07) is 7.80. The van der Waals surface area contributed by atoms with Crippen molar-refractivity contribution in [3.05, 3.63) is 69.8 Å². The zero-order chi connectivity index (χ0) is 31.8. The normalized spacial score (nSPS) is 17.0. The number of hydrogen-bond donors (Lipinski definition) is 2. The van der Waals surface area contributed by atoms with Crippen LogP contribution in [0.25, 0.3) is 0 Å². The fourth-order valence-corrected chi connectivity index (χ4v) is 4.90. The number of Topliss-reactive ketones (excluding diaryl/α,β-unsaturated/α-hetero) is 4. The molecule has 0 heterocycles. The molecule has 2 aliphatic rings. The zero-order valence-electron chi connectivity index (χ0n) is 24.3. The van der Waals surface area contributed by atoms with E-state index in [2.05, 4.69) is 10.6 Å². The molecule has 0 saturated heterocycles. The molecule has 232 valence electrons. The van der Waals surface area contributed by atoms with Crippen LogP contribution in [0.3, 0.4) is 0 Å². The highest BCUT2D eigenvalue weighted by atomic mass is 16.5. The van der Waals surface area contributed by atoms with Gasteiger partial charge in [-0.05, 0) is 24.3 Å². The van der Waals surface area contributed by atoms with E-state index in [-0.39, 0.29) is 59.7 Å². The van der Waals surface area contributed by atoms with E-state index in [1.165, 1.54) is 50.6 Å². The molecular formula is C31H32N2O11. The van der Waals surface area contributed by atoms with E-state index in [1.54, 1.807) is 0 Å². The summed E-state index contributed by atoms with van der Waals surface area (Å²) in [5.41, 5.74) is 0.000753. The third-order valence-corrected chi connectivity index (χ3v) is 7.15. The summed E-state index contributed by atoms with van der Waals surface area (Å²) < 4.78 is 20.2. The second-order valence-corrected chi connectivity index (χ2v) is 9.97. The van der Waals surface area contributed by atoms with Crippen molar-refractivity contribution in [3.8, 4) is 0 Å². The van der Waals surface area contributed by atoms with E-state index in [9.17, 15) is 33.6 Å². The van der Waals surface area contributed by atoms with Gasteiger partial charge >= 0.3 is 0 Å². The van der Waals surface area contributed by atoms with Crippen LogP contribution < -0.4 is 10.6 Å². The van der Waals surface area contributed by atoms with E-state index < -0.39 is 52.6 Å². The molecule has 0 spiro atoms. The van der Waals surface area contributed by atoms with Crippen LogP contribution in [0.4, 0.5) is 0 Å². The predicted octanol–water partition coefficient (Wildman–Crippen LogP) is 0.466. The highest BCUT2D eigenvalue weighted by Gasteiger charge is 2.45. The van der Waals surface area contributed by atoms with E-state index in [0.717, 1.165) is 0 Å². The maximum Gasteiger partial charge on any atom is 0.239 e. The molecule has 44 heavy (non-hydrogen) atoms. The van der Waals surface area contributed by atoms with Crippen molar-refractivity contribution in [1.29, 1.82) is 0 Å². The van der Waals surface area contributed by atoms with Crippen molar-refractivity contribution in [2.24, 2.45) is 11.8 Å². The van der Waals surface area contributed by atoms with Gasteiger partial charge in [-0.2, -0.15) is 0 Å². The van der Waals surface area contributed by atoms with Crippen LogP contribution in [0, 0.1) is 11.8 Å². The molecular weight excluding hydrogens is 576 g/mol. The lowest BCUT2D eigenvalue weighted by atomic mass is 9.96. The Bertz CT molecular complexity index is 1390. The Hall–Kier alpha value is -4.43. The molecule has 0 aromatic heterocycles. The summed E-state index contributed by atoms with van der Waals surface area (Å²) in [6.07, 6.45) is 0. The lowest BCUT2D eigenvalue weighted by Gasteiger charge is -2.09.